The largest absolute Gasteiger partial charge is 0.385 e. The van der Waals surface area contributed by atoms with E-state index in [1.165, 1.54) is 25.7 Å². The quantitative estimate of drug-likeness (QED) is 0.666. The molecule has 0 aromatic rings. The number of hydrogen-bond acceptors (Lipinski definition) is 4. The Balaban J connectivity index is 1.94. The van der Waals surface area contributed by atoms with E-state index < -0.39 is 0 Å². The molecule has 0 aromatic carbocycles. The summed E-state index contributed by atoms with van der Waals surface area (Å²) in [7, 11) is 1.76. The standard InChI is InChI=1S/C12H24N2OS/c1-3-7-11-10-14-12(16-11)13-8-5-4-6-9-15-2/h11H,3-10H2,1-2H3,(H,13,14). The lowest BCUT2D eigenvalue weighted by molar-refractivity contribution is 0.192. The third kappa shape index (κ3) is 5.75. The zero-order chi connectivity index (χ0) is 11.6. The molecule has 0 aliphatic carbocycles. The summed E-state index contributed by atoms with van der Waals surface area (Å²) in [6.45, 7) is 5.18. The van der Waals surface area contributed by atoms with Crippen molar-refractivity contribution < 1.29 is 4.74 Å². The summed E-state index contributed by atoms with van der Waals surface area (Å²) in [4.78, 5) is 4.51. The number of ether oxygens (including phenoxy) is 1. The van der Waals surface area contributed by atoms with Gasteiger partial charge in [-0.3, -0.25) is 4.99 Å². The fourth-order valence-corrected chi connectivity index (χ4v) is 2.88. The van der Waals surface area contributed by atoms with Crippen LogP contribution in [-0.2, 0) is 4.74 Å². The molecule has 0 spiro atoms. The molecule has 1 aliphatic rings. The summed E-state index contributed by atoms with van der Waals surface area (Å²) >= 11 is 1.92. The maximum absolute atomic E-state index is 5.01. The van der Waals surface area contributed by atoms with Crippen LogP contribution in [-0.4, -0.2) is 37.2 Å². The number of methoxy groups -OCH3 is 1. The highest BCUT2D eigenvalue weighted by molar-refractivity contribution is 8.14. The van der Waals surface area contributed by atoms with Crippen molar-refractivity contribution in [1.29, 1.82) is 0 Å². The van der Waals surface area contributed by atoms with Gasteiger partial charge in [-0.1, -0.05) is 25.1 Å². The first-order valence-corrected chi connectivity index (χ1v) is 7.18. The minimum absolute atomic E-state index is 0.723. The number of rotatable bonds is 8. The van der Waals surface area contributed by atoms with Gasteiger partial charge in [-0.15, -0.1) is 0 Å². The molecular weight excluding hydrogens is 220 g/mol. The van der Waals surface area contributed by atoms with Crippen LogP contribution in [0.1, 0.15) is 39.0 Å². The van der Waals surface area contributed by atoms with Gasteiger partial charge < -0.3 is 10.1 Å². The van der Waals surface area contributed by atoms with Crippen molar-refractivity contribution in [2.45, 2.75) is 44.3 Å². The molecule has 0 saturated carbocycles. The van der Waals surface area contributed by atoms with Crippen molar-refractivity contribution in [3.8, 4) is 0 Å². The predicted octanol–water partition coefficient (Wildman–Crippen LogP) is 2.66. The second kappa shape index (κ2) is 8.88. The van der Waals surface area contributed by atoms with Crippen LogP contribution in [0.5, 0.6) is 0 Å². The van der Waals surface area contributed by atoms with Crippen LogP contribution in [0.3, 0.4) is 0 Å². The first-order chi connectivity index (χ1) is 7.86. The van der Waals surface area contributed by atoms with Gasteiger partial charge in [0.05, 0.1) is 6.54 Å². The summed E-state index contributed by atoms with van der Waals surface area (Å²) in [5.74, 6) is 0. The minimum Gasteiger partial charge on any atom is -0.385 e. The average molecular weight is 244 g/mol. The Morgan fingerprint density at radius 2 is 2.31 bits per heavy atom. The van der Waals surface area contributed by atoms with Crippen LogP contribution in [0, 0.1) is 0 Å². The molecule has 0 radical (unpaired) electrons. The zero-order valence-corrected chi connectivity index (χ0v) is 11.3. The molecule has 94 valence electrons. The first-order valence-electron chi connectivity index (χ1n) is 6.30. The van der Waals surface area contributed by atoms with Gasteiger partial charge in [0, 0.05) is 25.5 Å². The highest BCUT2D eigenvalue weighted by Crippen LogP contribution is 2.23. The third-order valence-electron chi connectivity index (χ3n) is 2.63. The fraction of sp³-hybridized carbons (Fsp3) is 0.917. The van der Waals surface area contributed by atoms with Crippen LogP contribution in [0.25, 0.3) is 0 Å². The molecule has 1 rings (SSSR count). The Morgan fingerprint density at radius 1 is 1.44 bits per heavy atom. The lowest BCUT2D eigenvalue weighted by atomic mass is 10.2. The van der Waals surface area contributed by atoms with Crippen molar-refractivity contribution in [1.82, 2.24) is 5.32 Å². The predicted molar refractivity (Wildman–Crippen MR) is 72.3 cm³/mol. The lowest BCUT2D eigenvalue weighted by Crippen LogP contribution is -2.20. The Bertz CT molecular complexity index is 209. The number of thioether (sulfide) groups is 1. The van der Waals surface area contributed by atoms with E-state index in [9.17, 15) is 0 Å². The first kappa shape index (κ1) is 13.8. The lowest BCUT2D eigenvalue weighted by Gasteiger charge is -2.07. The molecule has 0 bridgehead atoms. The van der Waals surface area contributed by atoms with Gasteiger partial charge in [0.1, 0.15) is 0 Å². The Morgan fingerprint density at radius 3 is 3.06 bits per heavy atom. The van der Waals surface area contributed by atoms with Crippen LogP contribution in [0.2, 0.25) is 0 Å². The van der Waals surface area contributed by atoms with E-state index in [0.717, 1.165) is 36.5 Å². The molecule has 1 N–H and O–H groups in total. The molecule has 1 aliphatic heterocycles. The molecule has 1 unspecified atom stereocenters. The molecule has 0 amide bonds. The van der Waals surface area contributed by atoms with Crippen molar-refractivity contribution in [3.63, 3.8) is 0 Å². The van der Waals surface area contributed by atoms with E-state index in [2.05, 4.69) is 17.2 Å². The highest BCUT2D eigenvalue weighted by atomic mass is 32.2. The van der Waals surface area contributed by atoms with Crippen LogP contribution in [0.4, 0.5) is 0 Å². The normalized spacial score (nSPS) is 19.9. The van der Waals surface area contributed by atoms with Crippen LogP contribution >= 0.6 is 11.8 Å². The molecular formula is C12H24N2OS. The topological polar surface area (TPSA) is 33.6 Å². The number of nitrogens with zero attached hydrogens (tertiary/aromatic N) is 1. The van der Waals surface area contributed by atoms with Gasteiger partial charge in [-0.05, 0) is 25.7 Å². The summed E-state index contributed by atoms with van der Waals surface area (Å²) in [5.41, 5.74) is 0. The molecule has 16 heavy (non-hydrogen) atoms. The zero-order valence-electron chi connectivity index (χ0n) is 10.5. The molecule has 0 aromatic heterocycles. The van der Waals surface area contributed by atoms with E-state index in [1.54, 1.807) is 7.11 Å². The minimum atomic E-state index is 0.723. The Kier molecular flexibility index (Phi) is 7.68. The van der Waals surface area contributed by atoms with E-state index >= 15 is 0 Å². The number of nitrogens with one attached hydrogen (secondary N) is 1. The van der Waals surface area contributed by atoms with Crippen molar-refractivity contribution in [2.75, 3.05) is 26.8 Å². The number of hydrogen-bond donors (Lipinski definition) is 1. The van der Waals surface area contributed by atoms with Crippen molar-refractivity contribution in [2.24, 2.45) is 4.99 Å². The maximum atomic E-state index is 5.01. The van der Waals surface area contributed by atoms with Crippen molar-refractivity contribution >= 4 is 16.9 Å². The van der Waals surface area contributed by atoms with Crippen LogP contribution in [0.15, 0.2) is 4.99 Å². The van der Waals surface area contributed by atoms with Gasteiger partial charge in [-0.25, -0.2) is 0 Å². The number of aliphatic imine (C=N–C) groups is 1. The summed E-state index contributed by atoms with van der Waals surface area (Å²) in [6.07, 6.45) is 6.15. The summed E-state index contributed by atoms with van der Waals surface area (Å²) in [6, 6.07) is 0. The van der Waals surface area contributed by atoms with E-state index in [-0.39, 0.29) is 0 Å². The SMILES string of the molecule is CCCC1CN=C(NCCCCCOC)S1. The maximum Gasteiger partial charge on any atom is 0.156 e. The van der Waals surface area contributed by atoms with Gasteiger partial charge in [0.15, 0.2) is 5.17 Å². The Hall–Kier alpha value is -0.220. The average Bonchev–Trinajstić information content (AvgIpc) is 2.72. The molecule has 3 nitrogen and oxygen atoms in total. The van der Waals surface area contributed by atoms with Gasteiger partial charge in [-0.2, -0.15) is 0 Å². The molecule has 0 saturated heterocycles. The monoisotopic (exact) mass is 244 g/mol. The molecule has 4 heteroatoms. The van der Waals surface area contributed by atoms with Crippen molar-refractivity contribution in [3.05, 3.63) is 0 Å². The van der Waals surface area contributed by atoms with Gasteiger partial charge in [0.25, 0.3) is 0 Å². The molecule has 0 fully saturated rings. The number of unbranched alkanes of at least 4 members (excludes halogenated alkanes) is 2. The Labute approximate surface area is 103 Å². The second-order valence-electron chi connectivity index (χ2n) is 4.15. The molecule has 1 heterocycles. The van der Waals surface area contributed by atoms with Gasteiger partial charge >= 0.3 is 0 Å². The second-order valence-corrected chi connectivity index (χ2v) is 5.44. The highest BCUT2D eigenvalue weighted by Gasteiger charge is 2.17. The number of amidine groups is 1. The van der Waals surface area contributed by atoms with E-state index in [1.807, 2.05) is 11.8 Å². The van der Waals surface area contributed by atoms with Crippen LogP contribution < -0.4 is 5.32 Å². The van der Waals surface area contributed by atoms with Gasteiger partial charge in [0.2, 0.25) is 0 Å². The summed E-state index contributed by atoms with van der Waals surface area (Å²) < 4.78 is 5.01. The van der Waals surface area contributed by atoms with E-state index in [4.69, 9.17) is 4.74 Å². The van der Waals surface area contributed by atoms with E-state index in [0.29, 0.717) is 0 Å². The molecule has 1 atom stereocenters. The third-order valence-corrected chi connectivity index (χ3v) is 3.84. The summed E-state index contributed by atoms with van der Waals surface area (Å²) in [5, 5.41) is 5.30. The fourth-order valence-electron chi connectivity index (χ4n) is 1.73. The smallest absolute Gasteiger partial charge is 0.156 e.